The highest BCUT2D eigenvalue weighted by Gasteiger charge is 2.39. The van der Waals surface area contributed by atoms with E-state index in [2.05, 4.69) is 25.1 Å². The number of ether oxygens (including phenoxy) is 1. The highest BCUT2D eigenvalue weighted by atomic mass is 35.5. The van der Waals surface area contributed by atoms with Gasteiger partial charge in [-0.3, -0.25) is 0 Å². The van der Waals surface area contributed by atoms with Crippen LogP contribution in [-0.4, -0.2) is 12.1 Å². The van der Waals surface area contributed by atoms with Gasteiger partial charge in [0.15, 0.2) is 0 Å². The molecule has 1 aliphatic carbocycles. The summed E-state index contributed by atoms with van der Waals surface area (Å²) in [4.78, 5) is 0. The van der Waals surface area contributed by atoms with Crippen molar-refractivity contribution in [2.45, 2.75) is 44.6 Å². The summed E-state index contributed by atoms with van der Waals surface area (Å²) in [6.07, 6.45) is 5.74. The number of unbranched alkanes of at least 4 members (excludes halogenated alkanes) is 1. The Labute approximate surface area is 110 Å². The molecule has 0 aliphatic heterocycles. The van der Waals surface area contributed by atoms with Crippen molar-refractivity contribution in [2.75, 3.05) is 6.61 Å². The number of hydrogen-bond acceptors (Lipinski definition) is 2. The summed E-state index contributed by atoms with van der Waals surface area (Å²) in [6.45, 7) is 2.87. The number of hydrogen-bond donors (Lipinski definition) is 1. The van der Waals surface area contributed by atoms with Gasteiger partial charge in [-0.15, -0.1) is 12.4 Å². The molecule has 1 aliphatic rings. The summed E-state index contributed by atoms with van der Waals surface area (Å²) in [5.74, 6) is 1.02. The molecule has 3 heteroatoms. The fourth-order valence-electron chi connectivity index (χ4n) is 1.74. The van der Waals surface area contributed by atoms with E-state index in [1.807, 2.05) is 6.07 Å². The maximum Gasteiger partial charge on any atom is 0.122 e. The second kappa shape index (κ2) is 6.27. The van der Waals surface area contributed by atoms with Gasteiger partial charge in [0.2, 0.25) is 0 Å². The van der Waals surface area contributed by atoms with E-state index in [1.165, 1.54) is 18.4 Å². The van der Waals surface area contributed by atoms with Crippen molar-refractivity contribution in [1.29, 1.82) is 0 Å². The smallest absolute Gasteiger partial charge is 0.122 e. The Morgan fingerprint density at radius 3 is 2.65 bits per heavy atom. The third-order valence-electron chi connectivity index (χ3n) is 3.18. The molecule has 2 rings (SSSR count). The molecule has 0 saturated heterocycles. The van der Waals surface area contributed by atoms with Gasteiger partial charge in [0, 0.05) is 0 Å². The lowest BCUT2D eigenvalue weighted by molar-refractivity contribution is 0.276. The van der Waals surface area contributed by atoms with Gasteiger partial charge in [0.25, 0.3) is 0 Å². The van der Waals surface area contributed by atoms with Crippen molar-refractivity contribution in [3.63, 3.8) is 0 Å². The highest BCUT2D eigenvalue weighted by Crippen LogP contribution is 2.33. The normalized spacial score (nSPS) is 16.1. The van der Waals surface area contributed by atoms with Crippen LogP contribution in [0.2, 0.25) is 0 Å². The number of rotatable bonds is 6. The second-order valence-corrected chi connectivity index (χ2v) is 4.86. The summed E-state index contributed by atoms with van der Waals surface area (Å²) in [7, 11) is 0. The second-order valence-electron chi connectivity index (χ2n) is 4.86. The first-order chi connectivity index (χ1) is 7.73. The molecule has 0 aromatic heterocycles. The Balaban J connectivity index is 0.00000144. The first-order valence-electron chi connectivity index (χ1n) is 6.23. The van der Waals surface area contributed by atoms with E-state index >= 15 is 0 Å². The minimum Gasteiger partial charge on any atom is -0.491 e. The fraction of sp³-hybridized carbons (Fsp3) is 0.571. The standard InChI is InChI=1S/C14H21NO.ClH/c1-2-3-6-12-7-4-5-8-13(12)16-11-14(15)9-10-14;/h4-5,7-8H,2-3,6,9-11,15H2,1H3;1H. The molecule has 1 fully saturated rings. The molecule has 0 heterocycles. The van der Waals surface area contributed by atoms with Crippen LogP contribution in [0.3, 0.4) is 0 Å². The van der Waals surface area contributed by atoms with Gasteiger partial charge in [-0.2, -0.15) is 0 Å². The summed E-state index contributed by atoms with van der Waals surface area (Å²) < 4.78 is 5.84. The number of halogens is 1. The van der Waals surface area contributed by atoms with Crippen LogP contribution in [0.25, 0.3) is 0 Å². The van der Waals surface area contributed by atoms with Gasteiger partial charge in [-0.1, -0.05) is 31.5 Å². The van der Waals surface area contributed by atoms with Crippen molar-refractivity contribution in [3.8, 4) is 5.75 Å². The van der Waals surface area contributed by atoms with E-state index < -0.39 is 0 Å². The molecule has 0 amide bonds. The Morgan fingerprint density at radius 2 is 2.00 bits per heavy atom. The molecule has 1 aromatic carbocycles. The zero-order chi connectivity index (χ0) is 11.4. The van der Waals surface area contributed by atoms with Gasteiger partial charge in [0.1, 0.15) is 12.4 Å². The third-order valence-corrected chi connectivity index (χ3v) is 3.18. The predicted molar refractivity (Wildman–Crippen MR) is 73.9 cm³/mol. The van der Waals surface area contributed by atoms with Crippen LogP contribution in [-0.2, 0) is 6.42 Å². The van der Waals surface area contributed by atoms with Crippen LogP contribution in [0, 0.1) is 0 Å². The summed E-state index contributed by atoms with van der Waals surface area (Å²) in [5.41, 5.74) is 7.30. The number of aryl methyl sites for hydroxylation is 1. The molecular weight excluding hydrogens is 234 g/mol. The van der Waals surface area contributed by atoms with Crippen LogP contribution in [0.4, 0.5) is 0 Å². The molecule has 0 spiro atoms. The molecule has 2 N–H and O–H groups in total. The van der Waals surface area contributed by atoms with Gasteiger partial charge in [-0.25, -0.2) is 0 Å². The van der Waals surface area contributed by atoms with E-state index in [4.69, 9.17) is 10.5 Å². The van der Waals surface area contributed by atoms with Crippen LogP contribution in [0.1, 0.15) is 38.2 Å². The van der Waals surface area contributed by atoms with Gasteiger partial charge in [-0.05, 0) is 37.3 Å². The zero-order valence-electron chi connectivity index (χ0n) is 10.4. The topological polar surface area (TPSA) is 35.2 Å². The van der Waals surface area contributed by atoms with Crippen molar-refractivity contribution in [3.05, 3.63) is 29.8 Å². The van der Waals surface area contributed by atoms with Gasteiger partial charge in [0.05, 0.1) is 5.54 Å². The van der Waals surface area contributed by atoms with E-state index in [-0.39, 0.29) is 17.9 Å². The summed E-state index contributed by atoms with van der Waals surface area (Å²) in [6, 6.07) is 8.31. The third kappa shape index (κ3) is 4.21. The zero-order valence-corrected chi connectivity index (χ0v) is 11.3. The Morgan fingerprint density at radius 1 is 1.29 bits per heavy atom. The number of nitrogens with two attached hydrogens (primary N) is 1. The molecule has 2 nitrogen and oxygen atoms in total. The Bertz CT molecular complexity index is 350. The predicted octanol–water partition coefficient (Wildman–Crippen LogP) is 3.32. The van der Waals surface area contributed by atoms with Gasteiger partial charge < -0.3 is 10.5 Å². The van der Waals surface area contributed by atoms with E-state index in [9.17, 15) is 0 Å². The monoisotopic (exact) mass is 255 g/mol. The number of benzene rings is 1. The largest absolute Gasteiger partial charge is 0.491 e. The van der Waals surface area contributed by atoms with E-state index in [0.29, 0.717) is 6.61 Å². The molecular formula is C14H22ClNO. The van der Waals surface area contributed by atoms with E-state index in [1.54, 1.807) is 0 Å². The molecule has 1 saturated carbocycles. The fourth-order valence-corrected chi connectivity index (χ4v) is 1.74. The minimum absolute atomic E-state index is 0. The van der Waals surface area contributed by atoms with E-state index in [0.717, 1.165) is 25.0 Å². The van der Waals surface area contributed by atoms with Crippen molar-refractivity contribution in [1.82, 2.24) is 0 Å². The summed E-state index contributed by atoms with van der Waals surface area (Å²) >= 11 is 0. The lowest BCUT2D eigenvalue weighted by Gasteiger charge is -2.14. The van der Waals surface area contributed by atoms with Gasteiger partial charge >= 0.3 is 0 Å². The first kappa shape index (κ1) is 14.3. The average molecular weight is 256 g/mol. The lowest BCUT2D eigenvalue weighted by Crippen LogP contribution is -2.29. The lowest BCUT2D eigenvalue weighted by atomic mass is 10.1. The maximum atomic E-state index is 6.02. The maximum absolute atomic E-state index is 6.02. The molecule has 17 heavy (non-hydrogen) atoms. The van der Waals surface area contributed by atoms with Crippen LogP contribution < -0.4 is 10.5 Å². The highest BCUT2D eigenvalue weighted by molar-refractivity contribution is 5.85. The van der Waals surface area contributed by atoms with Crippen molar-refractivity contribution >= 4 is 12.4 Å². The summed E-state index contributed by atoms with van der Waals surface area (Å²) in [5, 5.41) is 0. The first-order valence-corrected chi connectivity index (χ1v) is 6.23. The molecule has 0 bridgehead atoms. The average Bonchev–Trinajstić information content (AvgIpc) is 3.04. The quantitative estimate of drug-likeness (QED) is 0.846. The molecule has 1 aromatic rings. The Hall–Kier alpha value is -0.730. The van der Waals surface area contributed by atoms with Crippen LogP contribution >= 0.6 is 12.4 Å². The molecule has 0 unspecified atom stereocenters. The van der Waals surface area contributed by atoms with Crippen LogP contribution in [0.5, 0.6) is 5.75 Å². The van der Waals surface area contributed by atoms with Crippen LogP contribution in [0.15, 0.2) is 24.3 Å². The Kier molecular flexibility index (Phi) is 5.29. The molecule has 0 radical (unpaired) electrons. The SMILES string of the molecule is CCCCc1ccccc1OCC1(N)CC1.Cl. The van der Waals surface area contributed by atoms with Crippen molar-refractivity contribution in [2.24, 2.45) is 5.73 Å². The molecule has 96 valence electrons. The minimum atomic E-state index is -0.0299. The number of para-hydroxylation sites is 1. The van der Waals surface area contributed by atoms with Crippen molar-refractivity contribution < 1.29 is 4.74 Å². The molecule has 0 atom stereocenters.